The van der Waals surface area contributed by atoms with E-state index in [2.05, 4.69) is 17.0 Å². The first-order valence-corrected chi connectivity index (χ1v) is 7.76. The van der Waals surface area contributed by atoms with Crippen molar-refractivity contribution in [2.45, 2.75) is 39.1 Å². The van der Waals surface area contributed by atoms with Gasteiger partial charge in [-0.2, -0.15) is 0 Å². The molecule has 128 valence electrons. The van der Waals surface area contributed by atoms with Gasteiger partial charge >= 0.3 is 6.36 Å². The number of nitrogens with one attached hydrogen (secondary N) is 2. The monoisotopic (exact) mass is 331 g/mol. The molecule has 0 spiro atoms. The number of carbonyl (C=O) groups excluding carboxylic acids is 1. The van der Waals surface area contributed by atoms with Crippen molar-refractivity contribution < 1.29 is 27.6 Å². The third-order valence-electron chi connectivity index (χ3n) is 4.28. The van der Waals surface area contributed by atoms with Gasteiger partial charge in [-0.05, 0) is 49.9 Å². The molecule has 1 aliphatic rings. The van der Waals surface area contributed by atoms with E-state index in [1.54, 1.807) is 0 Å². The molecule has 1 atom stereocenters. The highest BCUT2D eigenvalue weighted by Gasteiger charge is 2.31. The summed E-state index contributed by atoms with van der Waals surface area (Å²) in [4.78, 5) is 13.5. The van der Waals surface area contributed by atoms with E-state index in [0.717, 1.165) is 25.9 Å². The minimum Gasteiger partial charge on any atom is -0.406 e. The summed E-state index contributed by atoms with van der Waals surface area (Å²) in [6.07, 6.45) is -2.50. The molecular formula is C16H22F3N2O2+. The Morgan fingerprint density at radius 1 is 1.26 bits per heavy atom. The lowest BCUT2D eigenvalue weighted by atomic mass is 9.98. The van der Waals surface area contributed by atoms with Crippen LogP contribution in [0.2, 0.25) is 0 Å². The molecule has 4 nitrogen and oxygen atoms in total. The molecule has 0 radical (unpaired) electrons. The molecule has 1 aromatic carbocycles. The number of piperidine rings is 1. The summed E-state index contributed by atoms with van der Waals surface area (Å²) in [5, 5.41) is 2.74. The van der Waals surface area contributed by atoms with Crippen molar-refractivity contribution in [3.8, 4) is 5.75 Å². The summed E-state index contributed by atoms with van der Waals surface area (Å²) >= 11 is 0. The number of amides is 1. The first-order valence-electron chi connectivity index (χ1n) is 7.76. The van der Waals surface area contributed by atoms with Crippen LogP contribution in [-0.4, -0.2) is 31.4 Å². The SMILES string of the molecule is CC1CC[NH+]([C@@H](C)C(=O)Nc2ccc(OC(F)(F)F)cc2)CC1. The van der Waals surface area contributed by atoms with Gasteiger partial charge in [-0.1, -0.05) is 6.92 Å². The number of halogens is 3. The van der Waals surface area contributed by atoms with Crippen LogP contribution in [0.1, 0.15) is 26.7 Å². The normalized spacial score (nSPS) is 23.2. The summed E-state index contributed by atoms with van der Waals surface area (Å²) in [6, 6.07) is 4.99. The van der Waals surface area contributed by atoms with Crippen molar-refractivity contribution >= 4 is 11.6 Å². The number of hydrogen-bond donors (Lipinski definition) is 2. The number of rotatable bonds is 4. The van der Waals surface area contributed by atoms with Crippen molar-refractivity contribution in [3.63, 3.8) is 0 Å². The van der Waals surface area contributed by atoms with Gasteiger partial charge in [0.1, 0.15) is 5.75 Å². The van der Waals surface area contributed by atoms with Gasteiger partial charge in [0, 0.05) is 5.69 Å². The van der Waals surface area contributed by atoms with Crippen LogP contribution in [0, 0.1) is 5.92 Å². The minimum absolute atomic E-state index is 0.126. The third-order valence-corrected chi connectivity index (χ3v) is 4.28. The van der Waals surface area contributed by atoms with Gasteiger partial charge in [0.2, 0.25) is 0 Å². The van der Waals surface area contributed by atoms with E-state index in [0.29, 0.717) is 11.6 Å². The summed E-state index contributed by atoms with van der Waals surface area (Å²) in [5.74, 6) is 0.272. The lowest BCUT2D eigenvalue weighted by Gasteiger charge is -2.31. The van der Waals surface area contributed by atoms with Gasteiger partial charge in [-0.25, -0.2) is 0 Å². The Morgan fingerprint density at radius 3 is 2.35 bits per heavy atom. The number of carbonyl (C=O) groups is 1. The topological polar surface area (TPSA) is 42.8 Å². The van der Waals surface area contributed by atoms with Crippen LogP contribution in [0.4, 0.5) is 18.9 Å². The predicted molar refractivity (Wildman–Crippen MR) is 80.3 cm³/mol. The predicted octanol–water partition coefficient (Wildman–Crippen LogP) is 2.23. The van der Waals surface area contributed by atoms with Crippen molar-refractivity contribution in [1.29, 1.82) is 0 Å². The van der Waals surface area contributed by atoms with E-state index in [1.165, 1.54) is 29.2 Å². The standard InChI is InChI=1S/C16H21F3N2O2/c1-11-7-9-21(10-8-11)12(2)15(22)20-13-3-5-14(6-4-13)23-16(17,18)19/h3-6,11-12H,7-10H2,1-2H3,(H,20,22)/p+1/t12-/m0/s1. The zero-order valence-electron chi connectivity index (χ0n) is 13.2. The highest BCUT2D eigenvalue weighted by molar-refractivity contribution is 5.93. The summed E-state index contributed by atoms with van der Waals surface area (Å²) in [5.41, 5.74) is 0.459. The number of benzene rings is 1. The van der Waals surface area contributed by atoms with E-state index in [4.69, 9.17) is 0 Å². The van der Waals surface area contributed by atoms with E-state index in [-0.39, 0.29) is 17.7 Å². The highest BCUT2D eigenvalue weighted by Crippen LogP contribution is 2.23. The van der Waals surface area contributed by atoms with Crippen LogP contribution < -0.4 is 15.0 Å². The second-order valence-electron chi connectivity index (χ2n) is 6.12. The number of quaternary nitrogens is 1. The van der Waals surface area contributed by atoms with Crippen molar-refractivity contribution in [1.82, 2.24) is 0 Å². The first-order chi connectivity index (χ1) is 10.7. The molecule has 0 aromatic heterocycles. The van der Waals surface area contributed by atoms with Gasteiger partial charge in [-0.15, -0.1) is 13.2 Å². The molecular weight excluding hydrogens is 309 g/mol. The lowest BCUT2D eigenvalue weighted by Crippen LogP contribution is -3.17. The summed E-state index contributed by atoms with van der Waals surface area (Å²) < 4.78 is 40.1. The number of hydrogen-bond acceptors (Lipinski definition) is 2. The van der Waals surface area contributed by atoms with Crippen molar-refractivity contribution in [3.05, 3.63) is 24.3 Å². The maximum Gasteiger partial charge on any atom is 0.573 e. The highest BCUT2D eigenvalue weighted by atomic mass is 19.4. The van der Waals surface area contributed by atoms with Crippen LogP contribution >= 0.6 is 0 Å². The largest absolute Gasteiger partial charge is 0.573 e. The molecule has 7 heteroatoms. The lowest BCUT2D eigenvalue weighted by molar-refractivity contribution is -0.919. The molecule has 1 saturated heterocycles. The number of likely N-dealkylation sites (tertiary alicyclic amines) is 1. The quantitative estimate of drug-likeness (QED) is 0.888. The van der Waals surface area contributed by atoms with Gasteiger partial charge in [0.15, 0.2) is 6.04 Å². The van der Waals surface area contributed by atoms with Gasteiger partial charge in [-0.3, -0.25) is 4.79 Å². The molecule has 2 N–H and O–H groups in total. The average molecular weight is 331 g/mol. The number of anilines is 1. The molecule has 23 heavy (non-hydrogen) atoms. The molecule has 2 rings (SSSR count). The van der Waals surface area contributed by atoms with Crippen LogP contribution in [0.3, 0.4) is 0 Å². The minimum atomic E-state index is -4.71. The maximum atomic E-state index is 12.3. The smallest absolute Gasteiger partial charge is 0.406 e. The Morgan fingerprint density at radius 2 is 1.83 bits per heavy atom. The average Bonchev–Trinajstić information content (AvgIpc) is 2.48. The summed E-state index contributed by atoms with van der Waals surface area (Å²) in [7, 11) is 0. The molecule has 0 aliphatic carbocycles. The molecule has 0 saturated carbocycles. The first kappa shape index (κ1) is 17.6. The second kappa shape index (κ2) is 7.21. The Hall–Kier alpha value is -1.76. The van der Waals surface area contributed by atoms with Crippen LogP contribution in [0.15, 0.2) is 24.3 Å². The fourth-order valence-electron chi connectivity index (χ4n) is 2.74. The number of ether oxygens (including phenoxy) is 1. The van der Waals surface area contributed by atoms with Gasteiger partial charge < -0.3 is 15.0 Å². The molecule has 0 unspecified atom stereocenters. The molecule has 1 fully saturated rings. The van der Waals surface area contributed by atoms with Gasteiger partial charge in [0.05, 0.1) is 13.1 Å². The zero-order chi connectivity index (χ0) is 17.0. The van der Waals surface area contributed by atoms with Crippen molar-refractivity contribution in [2.75, 3.05) is 18.4 Å². The fraction of sp³-hybridized carbons (Fsp3) is 0.562. The van der Waals surface area contributed by atoms with Crippen molar-refractivity contribution in [2.24, 2.45) is 5.92 Å². The molecule has 1 heterocycles. The van der Waals surface area contributed by atoms with Crippen LogP contribution in [0.25, 0.3) is 0 Å². The van der Waals surface area contributed by atoms with E-state index < -0.39 is 6.36 Å². The van der Waals surface area contributed by atoms with Crippen LogP contribution in [-0.2, 0) is 4.79 Å². The van der Waals surface area contributed by atoms with Crippen LogP contribution in [0.5, 0.6) is 5.75 Å². The Bertz CT molecular complexity index is 523. The molecule has 0 bridgehead atoms. The Balaban J connectivity index is 1.89. The number of alkyl halides is 3. The third kappa shape index (κ3) is 5.42. The Labute approximate surface area is 133 Å². The van der Waals surface area contributed by atoms with E-state index in [9.17, 15) is 18.0 Å². The van der Waals surface area contributed by atoms with E-state index in [1.807, 2.05) is 6.92 Å². The fourth-order valence-corrected chi connectivity index (χ4v) is 2.74. The Kier molecular flexibility index (Phi) is 5.51. The van der Waals surface area contributed by atoms with E-state index >= 15 is 0 Å². The summed E-state index contributed by atoms with van der Waals surface area (Å²) in [6.45, 7) is 6.02. The van der Waals surface area contributed by atoms with Gasteiger partial charge in [0.25, 0.3) is 5.91 Å². The zero-order valence-corrected chi connectivity index (χ0v) is 13.2. The molecule has 1 aromatic rings. The second-order valence-corrected chi connectivity index (χ2v) is 6.12. The molecule has 1 aliphatic heterocycles. The molecule has 1 amide bonds. The maximum absolute atomic E-state index is 12.3.